The van der Waals surface area contributed by atoms with E-state index in [1.54, 1.807) is 0 Å². The van der Waals surface area contributed by atoms with E-state index in [1.807, 2.05) is 0 Å². The van der Waals surface area contributed by atoms with Gasteiger partial charge < -0.3 is 5.73 Å². The van der Waals surface area contributed by atoms with E-state index in [-0.39, 0.29) is 12.0 Å². The third kappa shape index (κ3) is 2.49. The molecule has 6 heteroatoms. The molecule has 0 radical (unpaired) electrons. The third-order valence-electron chi connectivity index (χ3n) is 1.96. The molecule has 0 aliphatic rings. The number of rotatable bonds is 3. The van der Waals surface area contributed by atoms with E-state index in [9.17, 15) is 19.3 Å². The molecule has 1 aromatic rings. The summed E-state index contributed by atoms with van der Waals surface area (Å²) in [4.78, 5) is 20.6. The van der Waals surface area contributed by atoms with Crippen molar-refractivity contribution in [1.82, 2.24) is 0 Å². The molecule has 0 atom stereocenters. The van der Waals surface area contributed by atoms with E-state index in [4.69, 9.17) is 5.73 Å². The predicted octanol–water partition coefficient (Wildman–Crippen LogP) is 1.07. The molecule has 0 spiro atoms. The number of nitrogens with two attached hydrogens (primary N) is 1. The SMILES string of the molecule is Cc1cc(F)cc([N+](=O)[O-])c1CC(N)=O. The zero-order valence-corrected chi connectivity index (χ0v) is 7.99. The van der Waals surface area contributed by atoms with Crippen LogP contribution in [0.2, 0.25) is 0 Å². The number of benzene rings is 1. The van der Waals surface area contributed by atoms with Crippen LogP contribution in [0.15, 0.2) is 12.1 Å². The summed E-state index contributed by atoms with van der Waals surface area (Å²) in [5.41, 5.74) is 5.04. The summed E-state index contributed by atoms with van der Waals surface area (Å²) in [6.07, 6.45) is -0.261. The van der Waals surface area contributed by atoms with Gasteiger partial charge in [0.25, 0.3) is 5.69 Å². The molecule has 0 bridgehead atoms. The lowest BCUT2D eigenvalue weighted by Gasteiger charge is -2.04. The van der Waals surface area contributed by atoms with Crippen LogP contribution in [-0.2, 0) is 11.2 Å². The minimum Gasteiger partial charge on any atom is -0.369 e. The number of aryl methyl sites for hydroxylation is 1. The van der Waals surface area contributed by atoms with Crippen LogP contribution in [-0.4, -0.2) is 10.8 Å². The minimum absolute atomic E-state index is 0.161. The van der Waals surface area contributed by atoms with Crippen molar-refractivity contribution in [2.45, 2.75) is 13.3 Å². The van der Waals surface area contributed by atoms with Gasteiger partial charge in [-0.25, -0.2) is 4.39 Å². The van der Waals surface area contributed by atoms with Gasteiger partial charge in [-0.15, -0.1) is 0 Å². The quantitative estimate of drug-likeness (QED) is 0.600. The van der Waals surface area contributed by atoms with Crippen molar-refractivity contribution in [3.63, 3.8) is 0 Å². The Kier molecular flexibility index (Phi) is 2.99. The van der Waals surface area contributed by atoms with Gasteiger partial charge in [0.2, 0.25) is 5.91 Å². The molecule has 0 heterocycles. The van der Waals surface area contributed by atoms with Gasteiger partial charge in [-0.05, 0) is 18.6 Å². The number of hydrogen-bond acceptors (Lipinski definition) is 3. The lowest BCUT2D eigenvalue weighted by molar-refractivity contribution is -0.385. The molecule has 1 aromatic carbocycles. The second-order valence-corrected chi connectivity index (χ2v) is 3.12. The molecule has 15 heavy (non-hydrogen) atoms. The Hall–Kier alpha value is -1.98. The molecular formula is C9H9FN2O3. The normalized spacial score (nSPS) is 10.0. The largest absolute Gasteiger partial charge is 0.369 e. The molecular weight excluding hydrogens is 203 g/mol. The Bertz CT molecular complexity index is 432. The van der Waals surface area contributed by atoms with E-state index >= 15 is 0 Å². The number of amides is 1. The van der Waals surface area contributed by atoms with E-state index in [2.05, 4.69) is 0 Å². The monoisotopic (exact) mass is 212 g/mol. The van der Waals surface area contributed by atoms with Gasteiger partial charge in [0.1, 0.15) is 5.82 Å². The highest BCUT2D eigenvalue weighted by Gasteiger charge is 2.19. The fourth-order valence-corrected chi connectivity index (χ4v) is 1.32. The van der Waals surface area contributed by atoms with Gasteiger partial charge in [-0.1, -0.05) is 0 Å². The van der Waals surface area contributed by atoms with Crippen molar-refractivity contribution < 1.29 is 14.1 Å². The molecule has 0 saturated heterocycles. The first kappa shape index (κ1) is 11.1. The predicted molar refractivity (Wildman–Crippen MR) is 50.7 cm³/mol. The van der Waals surface area contributed by atoms with Gasteiger partial charge in [0, 0.05) is 5.56 Å². The second kappa shape index (κ2) is 4.04. The van der Waals surface area contributed by atoms with Crippen molar-refractivity contribution in [1.29, 1.82) is 0 Å². The highest BCUT2D eigenvalue weighted by molar-refractivity contribution is 5.78. The fraction of sp³-hybridized carbons (Fsp3) is 0.222. The average Bonchev–Trinajstić information content (AvgIpc) is 2.08. The molecule has 0 aromatic heterocycles. The first-order valence-electron chi connectivity index (χ1n) is 4.13. The summed E-state index contributed by atoms with van der Waals surface area (Å²) in [5, 5.41) is 10.6. The van der Waals surface area contributed by atoms with Crippen LogP contribution in [0, 0.1) is 22.9 Å². The van der Waals surface area contributed by atoms with Gasteiger partial charge >= 0.3 is 0 Å². The van der Waals surface area contributed by atoms with E-state index < -0.39 is 22.3 Å². The fourth-order valence-electron chi connectivity index (χ4n) is 1.32. The number of hydrogen-bond donors (Lipinski definition) is 1. The highest BCUT2D eigenvalue weighted by atomic mass is 19.1. The van der Waals surface area contributed by atoms with Gasteiger partial charge in [0.05, 0.1) is 17.4 Å². The Morgan fingerprint density at radius 2 is 2.20 bits per heavy atom. The van der Waals surface area contributed by atoms with Crippen LogP contribution in [0.3, 0.4) is 0 Å². The summed E-state index contributed by atoms with van der Waals surface area (Å²) >= 11 is 0. The van der Waals surface area contributed by atoms with E-state index in [1.165, 1.54) is 6.92 Å². The smallest absolute Gasteiger partial charge is 0.276 e. The minimum atomic E-state index is -0.728. The zero-order chi connectivity index (χ0) is 11.6. The summed E-state index contributed by atoms with van der Waals surface area (Å²) in [6, 6.07) is 1.91. The van der Waals surface area contributed by atoms with Crippen molar-refractivity contribution in [2.75, 3.05) is 0 Å². The molecule has 0 aliphatic heterocycles. The lowest BCUT2D eigenvalue weighted by atomic mass is 10.0. The Balaban J connectivity index is 3.33. The molecule has 1 amide bonds. The van der Waals surface area contributed by atoms with Crippen LogP contribution in [0.1, 0.15) is 11.1 Å². The maximum atomic E-state index is 12.9. The number of carbonyl (C=O) groups is 1. The molecule has 2 N–H and O–H groups in total. The summed E-state index contributed by atoms with van der Waals surface area (Å²) in [6.45, 7) is 1.49. The standard InChI is InChI=1S/C9H9FN2O3/c1-5-2-6(10)3-8(12(14)15)7(5)4-9(11)13/h2-3H,4H2,1H3,(H2,11,13). The molecule has 0 unspecified atom stereocenters. The van der Waals surface area contributed by atoms with Crippen molar-refractivity contribution >= 4 is 11.6 Å². The number of halogens is 1. The number of carbonyl (C=O) groups excluding carboxylic acids is 1. The van der Waals surface area contributed by atoms with Crippen LogP contribution in [0.4, 0.5) is 10.1 Å². The van der Waals surface area contributed by atoms with Crippen molar-refractivity contribution in [3.8, 4) is 0 Å². The molecule has 0 saturated carbocycles. The van der Waals surface area contributed by atoms with Gasteiger partial charge in [-0.3, -0.25) is 14.9 Å². The third-order valence-corrected chi connectivity index (χ3v) is 1.96. The van der Waals surface area contributed by atoms with Crippen molar-refractivity contribution in [3.05, 3.63) is 39.2 Å². The average molecular weight is 212 g/mol. The molecule has 5 nitrogen and oxygen atoms in total. The molecule has 80 valence electrons. The lowest BCUT2D eigenvalue weighted by Crippen LogP contribution is -2.15. The maximum Gasteiger partial charge on any atom is 0.276 e. The Labute approximate surface area is 84.8 Å². The van der Waals surface area contributed by atoms with Crippen LogP contribution in [0.5, 0.6) is 0 Å². The first-order valence-corrected chi connectivity index (χ1v) is 4.13. The van der Waals surface area contributed by atoms with Gasteiger partial charge in [-0.2, -0.15) is 0 Å². The molecule has 1 rings (SSSR count). The van der Waals surface area contributed by atoms with Crippen LogP contribution in [0.25, 0.3) is 0 Å². The number of nitro groups is 1. The highest BCUT2D eigenvalue weighted by Crippen LogP contribution is 2.24. The summed E-state index contributed by atoms with van der Waals surface area (Å²) in [7, 11) is 0. The Morgan fingerprint density at radius 3 is 2.67 bits per heavy atom. The number of nitrogens with zero attached hydrogens (tertiary/aromatic N) is 1. The van der Waals surface area contributed by atoms with Crippen LogP contribution < -0.4 is 5.73 Å². The second-order valence-electron chi connectivity index (χ2n) is 3.12. The number of primary amides is 1. The molecule has 0 fully saturated rings. The van der Waals surface area contributed by atoms with E-state index in [0.717, 1.165) is 12.1 Å². The summed E-state index contributed by atoms with van der Waals surface area (Å²) < 4.78 is 12.9. The maximum absolute atomic E-state index is 12.9. The Morgan fingerprint density at radius 1 is 1.60 bits per heavy atom. The zero-order valence-electron chi connectivity index (χ0n) is 7.99. The van der Waals surface area contributed by atoms with Crippen molar-refractivity contribution in [2.24, 2.45) is 5.73 Å². The van der Waals surface area contributed by atoms with Crippen LogP contribution >= 0.6 is 0 Å². The summed E-state index contributed by atoms with van der Waals surface area (Å²) in [5.74, 6) is -1.39. The van der Waals surface area contributed by atoms with E-state index in [0.29, 0.717) is 5.56 Å². The number of nitro benzene ring substituents is 1. The van der Waals surface area contributed by atoms with Gasteiger partial charge in [0.15, 0.2) is 0 Å². The first-order chi connectivity index (χ1) is 6.91. The molecule has 0 aliphatic carbocycles. The topological polar surface area (TPSA) is 86.2 Å².